The predicted octanol–water partition coefficient (Wildman–Crippen LogP) is 2.47. The maximum Gasteiger partial charge on any atom is 0.122 e. The van der Waals surface area contributed by atoms with Crippen LogP contribution in [0.4, 0.5) is 11.4 Å². The summed E-state index contributed by atoms with van der Waals surface area (Å²) in [6.45, 7) is 0. The third-order valence-corrected chi connectivity index (χ3v) is 2.58. The van der Waals surface area contributed by atoms with E-state index in [4.69, 9.17) is 22.7 Å². The summed E-state index contributed by atoms with van der Waals surface area (Å²) in [7, 11) is 1.64. The van der Waals surface area contributed by atoms with Crippen molar-refractivity contribution >= 4 is 28.6 Å². The van der Waals surface area contributed by atoms with Crippen molar-refractivity contribution in [1.29, 1.82) is 0 Å². The van der Waals surface area contributed by atoms with Crippen molar-refractivity contribution in [2.75, 3.05) is 12.4 Å². The van der Waals surface area contributed by atoms with E-state index in [2.05, 4.69) is 10.3 Å². The van der Waals surface area contributed by atoms with Crippen LogP contribution in [0.15, 0.2) is 42.6 Å². The van der Waals surface area contributed by atoms with Crippen LogP contribution in [0.1, 0.15) is 5.69 Å². The van der Waals surface area contributed by atoms with Gasteiger partial charge in [0.15, 0.2) is 0 Å². The molecule has 0 aliphatic rings. The van der Waals surface area contributed by atoms with Gasteiger partial charge in [-0.3, -0.25) is 4.98 Å². The highest BCUT2D eigenvalue weighted by Crippen LogP contribution is 2.20. The van der Waals surface area contributed by atoms with Crippen LogP contribution in [0.25, 0.3) is 0 Å². The molecule has 0 spiro atoms. The number of hydrogen-bond acceptors (Lipinski definition) is 4. The lowest BCUT2D eigenvalue weighted by molar-refractivity contribution is 0.415. The number of ether oxygens (including phenoxy) is 1. The van der Waals surface area contributed by atoms with Crippen LogP contribution in [0.2, 0.25) is 0 Å². The Morgan fingerprint density at radius 2 is 2.11 bits per heavy atom. The standard InChI is InChI=1S/C13H13N3OS/c1-17-11-4-2-3-9(7-11)16-10-5-6-12(13(14)18)15-8-10/h2-8,16H,1H3,(H2,14,18). The summed E-state index contributed by atoms with van der Waals surface area (Å²) in [5, 5.41) is 3.22. The van der Waals surface area contributed by atoms with Gasteiger partial charge < -0.3 is 15.8 Å². The van der Waals surface area contributed by atoms with Crippen LogP contribution in [0.5, 0.6) is 5.75 Å². The highest BCUT2D eigenvalue weighted by atomic mass is 32.1. The van der Waals surface area contributed by atoms with E-state index in [0.717, 1.165) is 17.1 Å². The smallest absolute Gasteiger partial charge is 0.122 e. The van der Waals surface area contributed by atoms with E-state index >= 15 is 0 Å². The van der Waals surface area contributed by atoms with E-state index < -0.39 is 0 Å². The highest BCUT2D eigenvalue weighted by Gasteiger charge is 2.00. The Hall–Kier alpha value is -2.14. The molecule has 2 rings (SSSR count). The maximum atomic E-state index is 5.49. The Labute approximate surface area is 111 Å². The van der Waals surface area contributed by atoms with E-state index in [9.17, 15) is 0 Å². The summed E-state index contributed by atoms with van der Waals surface area (Å²) in [5.74, 6) is 0.799. The van der Waals surface area contributed by atoms with Crippen LogP contribution in [-0.4, -0.2) is 17.1 Å². The van der Waals surface area contributed by atoms with Gasteiger partial charge in [0.05, 0.1) is 24.7 Å². The minimum atomic E-state index is 0.294. The molecule has 3 N–H and O–H groups in total. The lowest BCUT2D eigenvalue weighted by Crippen LogP contribution is -2.11. The van der Waals surface area contributed by atoms with Gasteiger partial charge >= 0.3 is 0 Å². The molecule has 1 heterocycles. The topological polar surface area (TPSA) is 60.2 Å². The third-order valence-electron chi connectivity index (χ3n) is 2.37. The minimum absolute atomic E-state index is 0.294. The number of nitrogens with one attached hydrogen (secondary N) is 1. The number of methoxy groups -OCH3 is 1. The van der Waals surface area contributed by atoms with Gasteiger partial charge in [-0.15, -0.1) is 0 Å². The second-order valence-corrected chi connectivity index (χ2v) is 4.09. The van der Waals surface area contributed by atoms with E-state index in [-0.39, 0.29) is 0 Å². The molecular formula is C13H13N3OS. The number of nitrogens with zero attached hydrogens (tertiary/aromatic N) is 1. The second kappa shape index (κ2) is 5.46. The van der Waals surface area contributed by atoms with Gasteiger partial charge in [-0.05, 0) is 24.3 Å². The quantitative estimate of drug-likeness (QED) is 0.826. The first-order valence-corrected chi connectivity index (χ1v) is 5.77. The van der Waals surface area contributed by atoms with Gasteiger partial charge in [-0.2, -0.15) is 0 Å². The van der Waals surface area contributed by atoms with Gasteiger partial charge in [0, 0.05) is 11.8 Å². The fraction of sp³-hybridized carbons (Fsp3) is 0.0769. The summed E-state index contributed by atoms with van der Waals surface area (Å²) in [5.41, 5.74) is 7.89. The zero-order valence-corrected chi connectivity index (χ0v) is 10.7. The molecule has 0 atom stereocenters. The van der Waals surface area contributed by atoms with Gasteiger partial charge in [0.2, 0.25) is 0 Å². The first kappa shape index (κ1) is 12.3. The Kier molecular flexibility index (Phi) is 3.74. The van der Waals surface area contributed by atoms with E-state index in [1.165, 1.54) is 0 Å². The van der Waals surface area contributed by atoms with E-state index in [1.54, 1.807) is 19.4 Å². The zero-order chi connectivity index (χ0) is 13.0. The molecule has 0 aliphatic heterocycles. The van der Waals surface area contributed by atoms with Crippen LogP contribution in [-0.2, 0) is 0 Å². The molecule has 18 heavy (non-hydrogen) atoms. The Morgan fingerprint density at radius 3 is 2.72 bits per heavy atom. The molecule has 1 aromatic heterocycles. The monoisotopic (exact) mass is 259 g/mol. The molecular weight excluding hydrogens is 246 g/mol. The molecule has 0 saturated heterocycles. The lowest BCUT2D eigenvalue weighted by Gasteiger charge is -2.08. The van der Waals surface area contributed by atoms with Gasteiger partial charge in [0.1, 0.15) is 10.7 Å². The Balaban J connectivity index is 2.15. The van der Waals surface area contributed by atoms with Crippen molar-refractivity contribution in [2.45, 2.75) is 0 Å². The van der Waals surface area contributed by atoms with E-state index in [0.29, 0.717) is 10.7 Å². The molecule has 0 unspecified atom stereocenters. The minimum Gasteiger partial charge on any atom is -0.497 e. The molecule has 0 aliphatic carbocycles. The van der Waals surface area contributed by atoms with Crippen molar-refractivity contribution in [3.63, 3.8) is 0 Å². The van der Waals surface area contributed by atoms with Crippen LogP contribution >= 0.6 is 12.2 Å². The van der Waals surface area contributed by atoms with Gasteiger partial charge in [-0.25, -0.2) is 0 Å². The van der Waals surface area contributed by atoms with Gasteiger partial charge in [0.25, 0.3) is 0 Å². The fourth-order valence-electron chi connectivity index (χ4n) is 1.48. The lowest BCUT2D eigenvalue weighted by atomic mass is 10.2. The number of rotatable bonds is 4. The number of nitrogens with two attached hydrogens (primary N) is 1. The average Bonchev–Trinajstić information content (AvgIpc) is 2.39. The first-order chi connectivity index (χ1) is 8.69. The molecule has 0 bridgehead atoms. The number of thiocarbonyl (C=S) groups is 1. The summed E-state index contributed by atoms with van der Waals surface area (Å²) in [6.07, 6.45) is 1.69. The first-order valence-electron chi connectivity index (χ1n) is 5.36. The fourth-order valence-corrected chi connectivity index (χ4v) is 1.60. The van der Waals surface area contributed by atoms with Crippen molar-refractivity contribution < 1.29 is 4.74 Å². The summed E-state index contributed by atoms with van der Waals surface area (Å²) in [6, 6.07) is 11.3. The number of pyridine rings is 1. The Morgan fingerprint density at radius 1 is 1.28 bits per heavy atom. The predicted molar refractivity (Wildman–Crippen MR) is 76.4 cm³/mol. The number of benzene rings is 1. The molecule has 5 heteroatoms. The van der Waals surface area contributed by atoms with Crippen molar-refractivity contribution in [3.8, 4) is 5.75 Å². The van der Waals surface area contributed by atoms with E-state index in [1.807, 2.05) is 30.3 Å². The van der Waals surface area contributed by atoms with Gasteiger partial charge in [-0.1, -0.05) is 18.3 Å². The van der Waals surface area contributed by atoms with Crippen LogP contribution in [0.3, 0.4) is 0 Å². The third kappa shape index (κ3) is 2.95. The van der Waals surface area contributed by atoms with Crippen molar-refractivity contribution in [3.05, 3.63) is 48.3 Å². The Bertz CT molecular complexity index is 554. The molecule has 0 amide bonds. The van der Waals surface area contributed by atoms with Crippen LogP contribution < -0.4 is 15.8 Å². The highest BCUT2D eigenvalue weighted by molar-refractivity contribution is 7.80. The number of anilines is 2. The van der Waals surface area contributed by atoms with Crippen molar-refractivity contribution in [2.24, 2.45) is 5.73 Å². The zero-order valence-electron chi connectivity index (χ0n) is 9.88. The van der Waals surface area contributed by atoms with Crippen LogP contribution in [0, 0.1) is 0 Å². The number of hydrogen-bond donors (Lipinski definition) is 2. The molecule has 0 radical (unpaired) electrons. The SMILES string of the molecule is COc1cccc(Nc2ccc(C(N)=S)nc2)c1. The molecule has 92 valence electrons. The maximum absolute atomic E-state index is 5.49. The summed E-state index contributed by atoms with van der Waals surface area (Å²) in [4.78, 5) is 4.45. The molecule has 4 nitrogen and oxygen atoms in total. The molecule has 0 saturated carbocycles. The second-order valence-electron chi connectivity index (χ2n) is 3.65. The van der Waals surface area contributed by atoms with Crippen molar-refractivity contribution in [1.82, 2.24) is 4.98 Å². The summed E-state index contributed by atoms with van der Waals surface area (Å²) >= 11 is 4.85. The normalized spacial score (nSPS) is 9.83. The summed E-state index contributed by atoms with van der Waals surface area (Å²) < 4.78 is 5.15. The molecule has 0 fully saturated rings. The average molecular weight is 259 g/mol. The number of aromatic nitrogens is 1. The largest absolute Gasteiger partial charge is 0.497 e. The molecule has 2 aromatic rings. The molecule has 1 aromatic carbocycles.